The zero-order chi connectivity index (χ0) is 28.1. The second-order valence-electron chi connectivity index (χ2n) is 11.8. The van der Waals surface area contributed by atoms with Crippen LogP contribution in [0, 0.1) is 0 Å². The van der Waals surface area contributed by atoms with Gasteiger partial charge >= 0.3 is 6.09 Å². The van der Waals surface area contributed by atoms with Gasteiger partial charge in [0.05, 0.1) is 30.0 Å². The quantitative estimate of drug-likeness (QED) is 0.187. The standard InChI is InChI=1S/C29H42N2O5SSi/c1-28(2,3)36-27(32)31(7)22-12-10-21(11-13-22)26-30-24-15-14-23(20-25(24)37-26)34-18-16-33-17-19-35-38(8,9)29(4,5)6/h10-15,20H,16-19H2,1-9H3. The molecule has 0 unspecified atom stereocenters. The van der Waals surface area contributed by atoms with Gasteiger partial charge in [-0.15, -0.1) is 11.3 Å². The van der Waals surface area contributed by atoms with E-state index >= 15 is 0 Å². The van der Waals surface area contributed by atoms with Gasteiger partial charge in [0.1, 0.15) is 23.0 Å². The third kappa shape index (κ3) is 8.27. The first-order valence-corrected chi connectivity index (χ1v) is 16.7. The molecule has 0 bridgehead atoms. The van der Waals surface area contributed by atoms with E-state index in [2.05, 4.69) is 33.9 Å². The molecule has 0 saturated carbocycles. The Kier molecular flexibility index (Phi) is 9.62. The molecule has 208 valence electrons. The number of ether oxygens (including phenoxy) is 3. The second-order valence-corrected chi connectivity index (χ2v) is 17.6. The van der Waals surface area contributed by atoms with Gasteiger partial charge in [-0.2, -0.15) is 0 Å². The Morgan fingerprint density at radius 2 is 1.61 bits per heavy atom. The number of nitrogens with zero attached hydrogens (tertiary/aromatic N) is 2. The molecule has 1 amide bonds. The summed E-state index contributed by atoms with van der Waals surface area (Å²) in [5.74, 6) is 0.795. The maximum Gasteiger partial charge on any atom is 0.414 e. The van der Waals surface area contributed by atoms with Crippen molar-refractivity contribution in [1.29, 1.82) is 0 Å². The lowest BCUT2D eigenvalue weighted by Gasteiger charge is -2.36. The van der Waals surface area contributed by atoms with Gasteiger partial charge in [0.2, 0.25) is 0 Å². The molecular weight excluding hydrogens is 516 g/mol. The molecule has 0 aliphatic heterocycles. The van der Waals surface area contributed by atoms with E-state index in [1.807, 2.05) is 63.2 Å². The van der Waals surface area contributed by atoms with E-state index in [4.69, 9.17) is 23.6 Å². The Labute approximate surface area is 232 Å². The van der Waals surface area contributed by atoms with E-state index in [1.54, 1.807) is 18.4 Å². The number of carbonyl (C=O) groups excluding carboxylic acids is 1. The third-order valence-electron chi connectivity index (χ3n) is 6.52. The van der Waals surface area contributed by atoms with Crippen LogP contribution in [-0.4, -0.2) is 58.5 Å². The minimum absolute atomic E-state index is 0.202. The van der Waals surface area contributed by atoms with Crippen molar-refractivity contribution < 1.29 is 23.4 Å². The molecular formula is C29H42N2O5SSi. The molecule has 0 fully saturated rings. The fourth-order valence-corrected chi connectivity index (χ4v) is 5.30. The molecule has 7 nitrogen and oxygen atoms in total. The van der Waals surface area contributed by atoms with Crippen molar-refractivity contribution in [2.24, 2.45) is 0 Å². The fraction of sp³-hybridized carbons (Fsp3) is 0.517. The Morgan fingerprint density at radius 1 is 0.947 bits per heavy atom. The van der Waals surface area contributed by atoms with Gasteiger partial charge < -0.3 is 18.6 Å². The summed E-state index contributed by atoms with van der Waals surface area (Å²) >= 11 is 1.61. The van der Waals surface area contributed by atoms with E-state index in [0.29, 0.717) is 26.4 Å². The van der Waals surface area contributed by atoms with Crippen molar-refractivity contribution >= 4 is 41.7 Å². The van der Waals surface area contributed by atoms with E-state index in [0.717, 1.165) is 32.2 Å². The van der Waals surface area contributed by atoms with Crippen molar-refractivity contribution in [2.75, 3.05) is 38.4 Å². The minimum atomic E-state index is -1.73. The summed E-state index contributed by atoms with van der Waals surface area (Å²) in [4.78, 5) is 18.6. The van der Waals surface area contributed by atoms with Gasteiger partial charge in [-0.1, -0.05) is 20.8 Å². The van der Waals surface area contributed by atoms with Crippen LogP contribution >= 0.6 is 11.3 Å². The summed E-state index contributed by atoms with van der Waals surface area (Å²) in [6.07, 6.45) is -0.386. The normalized spacial score (nSPS) is 12.6. The third-order valence-corrected chi connectivity index (χ3v) is 12.1. The first kappa shape index (κ1) is 30.1. The molecule has 3 aromatic rings. The van der Waals surface area contributed by atoms with Gasteiger partial charge in [-0.05, 0) is 81.4 Å². The number of thiazole rings is 1. The van der Waals surface area contributed by atoms with E-state index in [1.165, 1.54) is 4.90 Å². The van der Waals surface area contributed by atoms with Crippen LogP contribution in [0.2, 0.25) is 18.1 Å². The topological polar surface area (TPSA) is 70.1 Å². The molecule has 1 heterocycles. The first-order chi connectivity index (χ1) is 17.7. The monoisotopic (exact) mass is 558 g/mol. The zero-order valence-electron chi connectivity index (χ0n) is 24.2. The van der Waals surface area contributed by atoms with Gasteiger partial charge in [0.15, 0.2) is 8.32 Å². The summed E-state index contributed by atoms with van der Waals surface area (Å²) in [5.41, 5.74) is 2.13. The van der Waals surface area contributed by atoms with Crippen molar-refractivity contribution in [3.05, 3.63) is 42.5 Å². The molecule has 1 aromatic heterocycles. The lowest BCUT2D eigenvalue weighted by molar-refractivity contribution is 0.0589. The highest BCUT2D eigenvalue weighted by Gasteiger charge is 2.36. The van der Waals surface area contributed by atoms with Crippen molar-refractivity contribution in [2.45, 2.75) is 65.3 Å². The summed E-state index contributed by atoms with van der Waals surface area (Å²) in [6.45, 7) is 18.9. The number of hydrogen-bond donors (Lipinski definition) is 0. The van der Waals surface area contributed by atoms with Crippen LogP contribution in [-0.2, 0) is 13.9 Å². The number of rotatable bonds is 10. The highest BCUT2D eigenvalue weighted by Crippen LogP contribution is 2.36. The van der Waals surface area contributed by atoms with E-state index < -0.39 is 13.9 Å². The van der Waals surface area contributed by atoms with Crippen LogP contribution < -0.4 is 9.64 Å². The second kappa shape index (κ2) is 12.2. The van der Waals surface area contributed by atoms with Crippen molar-refractivity contribution in [1.82, 2.24) is 4.98 Å². The number of hydrogen-bond acceptors (Lipinski definition) is 7. The van der Waals surface area contributed by atoms with Gasteiger partial charge in [0.25, 0.3) is 0 Å². The molecule has 38 heavy (non-hydrogen) atoms. The summed E-state index contributed by atoms with van der Waals surface area (Å²) < 4.78 is 24.2. The molecule has 0 aliphatic carbocycles. The van der Waals surface area contributed by atoms with Crippen LogP contribution in [0.15, 0.2) is 42.5 Å². The van der Waals surface area contributed by atoms with Gasteiger partial charge in [-0.3, -0.25) is 4.90 Å². The summed E-state index contributed by atoms with van der Waals surface area (Å²) in [6, 6.07) is 13.7. The van der Waals surface area contributed by atoms with Crippen LogP contribution in [0.5, 0.6) is 5.75 Å². The first-order valence-electron chi connectivity index (χ1n) is 13.0. The van der Waals surface area contributed by atoms with Crippen LogP contribution in [0.25, 0.3) is 20.8 Å². The van der Waals surface area contributed by atoms with Crippen LogP contribution in [0.3, 0.4) is 0 Å². The fourth-order valence-electron chi connectivity index (χ4n) is 3.27. The number of carbonyl (C=O) groups is 1. The highest BCUT2D eigenvalue weighted by atomic mass is 32.1. The Balaban J connectivity index is 1.51. The van der Waals surface area contributed by atoms with Gasteiger partial charge in [0, 0.05) is 18.3 Å². The van der Waals surface area contributed by atoms with E-state index in [9.17, 15) is 4.79 Å². The predicted molar refractivity (Wildman–Crippen MR) is 159 cm³/mol. The lowest BCUT2D eigenvalue weighted by Crippen LogP contribution is -2.41. The molecule has 0 N–H and O–H groups in total. The Morgan fingerprint density at radius 3 is 2.24 bits per heavy atom. The number of fused-ring (bicyclic) bond motifs is 1. The summed E-state index contributed by atoms with van der Waals surface area (Å²) in [7, 11) is -0.0273. The molecule has 2 aromatic carbocycles. The molecule has 0 saturated heterocycles. The molecule has 0 atom stereocenters. The number of anilines is 1. The maximum absolute atomic E-state index is 12.3. The predicted octanol–water partition coefficient (Wildman–Crippen LogP) is 7.75. The number of aromatic nitrogens is 1. The van der Waals surface area contributed by atoms with Crippen LogP contribution in [0.1, 0.15) is 41.5 Å². The van der Waals surface area contributed by atoms with E-state index in [-0.39, 0.29) is 11.1 Å². The van der Waals surface area contributed by atoms with Crippen molar-refractivity contribution in [3.8, 4) is 16.3 Å². The van der Waals surface area contributed by atoms with Gasteiger partial charge in [-0.25, -0.2) is 9.78 Å². The SMILES string of the molecule is CN(C(=O)OC(C)(C)C)c1ccc(-c2nc3ccc(OCCOCCO[Si](C)(C)C(C)(C)C)cc3s2)cc1. The average Bonchev–Trinajstić information content (AvgIpc) is 3.24. The zero-order valence-corrected chi connectivity index (χ0v) is 26.0. The average molecular weight is 559 g/mol. The molecule has 0 aliphatic rings. The summed E-state index contributed by atoms with van der Waals surface area (Å²) in [5, 5.41) is 1.11. The maximum atomic E-state index is 12.3. The van der Waals surface area contributed by atoms with Crippen molar-refractivity contribution in [3.63, 3.8) is 0 Å². The molecule has 0 spiro atoms. The highest BCUT2D eigenvalue weighted by molar-refractivity contribution is 7.21. The minimum Gasteiger partial charge on any atom is -0.491 e. The smallest absolute Gasteiger partial charge is 0.414 e. The molecule has 9 heteroatoms. The molecule has 3 rings (SSSR count). The Hall–Kier alpha value is -2.46. The lowest BCUT2D eigenvalue weighted by atomic mass is 10.2. The Bertz CT molecular complexity index is 1210. The number of benzene rings is 2. The number of amides is 1. The van der Waals surface area contributed by atoms with Crippen LogP contribution in [0.4, 0.5) is 10.5 Å². The largest absolute Gasteiger partial charge is 0.491 e. The molecule has 0 radical (unpaired) electrons.